The van der Waals surface area contributed by atoms with Gasteiger partial charge in [0.2, 0.25) is 15.9 Å². The van der Waals surface area contributed by atoms with Gasteiger partial charge in [-0.15, -0.1) is 0 Å². The van der Waals surface area contributed by atoms with Gasteiger partial charge in [0.15, 0.2) is 0 Å². The lowest BCUT2D eigenvalue weighted by Gasteiger charge is -2.30. The number of rotatable bonds is 6. The Kier molecular flexibility index (Phi) is 5.76. The summed E-state index contributed by atoms with van der Waals surface area (Å²) in [6.07, 6.45) is 4.22. The molecule has 0 bridgehead atoms. The minimum Gasteiger partial charge on any atom is -0.383 e. The number of nitrogens with zero attached hydrogens (tertiary/aromatic N) is 1. The number of carbonyl (C=O) groups is 1. The van der Waals surface area contributed by atoms with E-state index < -0.39 is 10.0 Å². The number of aryl methyl sites for hydroxylation is 2. The predicted octanol–water partition coefficient (Wildman–Crippen LogP) is 1.34. The van der Waals surface area contributed by atoms with Crippen LogP contribution in [0, 0.1) is 5.92 Å². The maximum Gasteiger partial charge on any atom is 0.243 e. The molecule has 1 amide bonds. The number of methoxy groups -OCH3 is 1. The van der Waals surface area contributed by atoms with Crippen molar-refractivity contribution in [3.63, 3.8) is 0 Å². The van der Waals surface area contributed by atoms with Gasteiger partial charge in [0.1, 0.15) is 0 Å². The number of hydrogen-bond donors (Lipinski definition) is 1. The first kappa shape index (κ1) is 18.4. The van der Waals surface area contributed by atoms with E-state index in [9.17, 15) is 13.2 Å². The molecule has 1 aromatic rings. The molecular formula is C18H26N2O4S. The van der Waals surface area contributed by atoms with Crippen LogP contribution in [0.3, 0.4) is 0 Å². The van der Waals surface area contributed by atoms with Crippen LogP contribution in [0.25, 0.3) is 0 Å². The Hall–Kier alpha value is -1.44. The summed E-state index contributed by atoms with van der Waals surface area (Å²) < 4.78 is 32.2. The molecule has 138 valence electrons. The Bertz CT molecular complexity index is 725. The van der Waals surface area contributed by atoms with E-state index in [2.05, 4.69) is 5.32 Å². The van der Waals surface area contributed by atoms with E-state index in [1.165, 1.54) is 9.87 Å². The van der Waals surface area contributed by atoms with Gasteiger partial charge in [0.05, 0.1) is 11.5 Å². The Morgan fingerprint density at radius 2 is 1.96 bits per heavy atom. The molecule has 2 aliphatic rings. The zero-order valence-corrected chi connectivity index (χ0v) is 15.5. The number of piperidine rings is 1. The highest BCUT2D eigenvalue weighted by molar-refractivity contribution is 7.89. The first-order valence-corrected chi connectivity index (χ1v) is 10.3. The summed E-state index contributed by atoms with van der Waals surface area (Å²) in [6.45, 7) is 1.75. The Morgan fingerprint density at radius 3 is 2.68 bits per heavy atom. The Labute approximate surface area is 149 Å². The van der Waals surface area contributed by atoms with Gasteiger partial charge in [0, 0.05) is 32.7 Å². The quantitative estimate of drug-likeness (QED) is 0.771. The van der Waals surface area contributed by atoms with Crippen molar-refractivity contribution in [3.05, 3.63) is 29.3 Å². The summed E-state index contributed by atoms with van der Waals surface area (Å²) in [5, 5.41) is 2.83. The number of sulfonamides is 1. The standard InChI is InChI=1S/C18H26N2O4S/c1-24-12-9-19-18(21)15-7-10-20(11-8-15)25(22,23)17-6-5-14-3-2-4-16(14)13-17/h5-6,13,15H,2-4,7-12H2,1H3,(H,19,21). The number of benzene rings is 1. The molecule has 0 aromatic heterocycles. The van der Waals surface area contributed by atoms with E-state index in [0.717, 1.165) is 24.8 Å². The molecule has 1 aromatic carbocycles. The number of fused-ring (bicyclic) bond motifs is 1. The molecule has 3 rings (SSSR count). The van der Waals surface area contributed by atoms with Crippen molar-refractivity contribution >= 4 is 15.9 Å². The summed E-state index contributed by atoms with van der Waals surface area (Å²) in [6, 6.07) is 5.51. The van der Waals surface area contributed by atoms with Crippen molar-refractivity contribution < 1.29 is 17.9 Å². The van der Waals surface area contributed by atoms with E-state index >= 15 is 0 Å². The largest absolute Gasteiger partial charge is 0.383 e. The monoisotopic (exact) mass is 366 g/mol. The van der Waals surface area contributed by atoms with Crippen LogP contribution in [0.15, 0.2) is 23.1 Å². The van der Waals surface area contributed by atoms with Crippen molar-refractivity contribution in [1.29, 1.82) is 0 Å². The van der Waals surface area contributed by atoms with Crippen LogP contribution in [-0.2, 0) is 32.4 Å². The van der Waals surface area contributed by atoms with Gasteiger partial charge in [-0.1, -0.05) is 6.07 Å². The maximum absolute atomic E-state index is 12.9. The smallest absolute Gasteiger partial charge is 0.243 e. The highest BCUT2D eigenvalue weighted by atomic mass is 32.2. The van der Waals surface area contributed by atoms with Crippen LogP contribution >= 0.6 is 0 Å². The van der Waals surface area contributed by atoms with E-state index in [1.807, 2.05) is 12.1 Å². The number of nitrogens with one attached hydrogen (secondary N) is 1. The van der Waals surface area contributed by atoms with Crippen LogP contribution in [-0.4, -0.2) is 52.0 Å². The lowest BCUT2D eigenvalue weighted by molar-refractivity contribution is -0.126. The van der Waals surface area contributed by atoms with Gasteiger partial charge in [-0.2, -0.15) is 4.31 Å². The number of ether oxygens (including phenoxy) is 1. The number of amides is 1. The van der Waals surface area contributed by atoms with Crippen LogP contribution in [0.5, 0.6) is 0 Å². The second-order valence-corrected chi connectivity index (χ2v) is 8.68. The van der Waals surface area contributed by atoms with Crippen molar-refractivity contribution in [2.45, 2.75) is 37.0 Å². The van der Waals surface area contributed by atoms with E-state index in [1.54, 1.807) is 13.2 Å². The maximum atomic E-state index is 12.9. The van der Waals surface area contributed by atoms with E-state index in [4.69, 9.17) is 4.74 Å². The molecule has 1 aliphatic heterocycles. The molecule has 0 radical (unpaired) electrons. The fourth-order valence-corrected chi connectivity index (χ4v) is 5.16. The number of carbonyl (C=O) groups excluding carboxylic acids is 1. The molecule has 1 fully saturated rings. The average molecular weight is 366 g/mol. The summed E-state index contributed by atoms with van der Waals surface area (Å²) in [7, 11) is -1.88. The summed E-state index contributed by atoms with van der Waals surface area (Å²) in [4.78, 5) is 12.5. The minimum absolute atomic E-state index is 0.00775. The van der Waals surface area contributed by atoms with Crippen LogP contribution in [0.2, 0.25) is 0 Å². The second-order valence-electron chi connectivity index (χ2n) is 6.75. The number of hydrogen-bond acceptors (Lipinski definition) is 4. The van der Waals surface area contributed by atoms with Crippen LogP contribution in [0.1, 0.15) is 30.4 Å². The zero-order valence-electron chi connectivity index (χ0n) is 14.7. The topological polar surface area (TPSA) is 75.7 Å². The molecule has 1 heterocycles. The van der Waals surface area contributed by atoms with Gasteiger partial charge in [-0.3, -0.25) is 4.79 Å². The predicted molar refractivity (Wildman–Crippen MR) is 94.8 cm³/mol. The molecule has 1 aliphatic carbocycles. The lowest BCUT2D eigenvalue weighted by Crippen LogP contribution is -2.43. The molecule has 0 unspecified atom stereocenters. The summed E-state index contributed by atoms with van der Waals surface area (Å²) >= 11 is 0. The van der Waals surface area contributed by atoms with Crippen LogP contribution < -0.4 is 5.32 Å². The van der Waals surface area contributed by atoms with Gasteiger partial charge in [-0.05, 0) is 55.4 Å². The highest BCUT2D eigenvalue weighted by Crippen LogP contribution is 2.28. The van der Waals surface area contributed by atoms with Crippen molar-refractivity contribution in [1.82, 2.24) is 9.62 Å². The van der Waals surface area contributed by atoms with Gasteiger partial charge in [0.25, 0.3) is 0 Å². The third-order valence-corrected chi connectivity index (χ3v) is 7.03. The normalized spacial score (nSPS) is 18.9. The fourth-order valence-electron chi connectivity index (χ4n) is 3.64. The van der Waals surface area contributed by atoms with E-state index in [-0.39, 0.29) is 11.8 Å². The molecule has 6 nitrogen and oxygen atoms in total. The average Bonchev–Trinajstić information content (AvgIpc) is 3.09. The van der Waals surface area contributed by atoms with Gasteiger partial charge >= 0.3 is 0 Å². The summed E-state index contributed by atoms with van der Waals surface area (Å²) in [5.41, 5.74) is 2.43. The fraction of sp³-hybridized carbons (Fsp3) is 0.611. The molecule has 25 heavy (non-hydrogen) atoms. The molecule has 1 saturated heterocycles. The lowest BCUT2D eigenvalue weighted by atomic mass is 9.97. The zero-order chi connectivity index (χ0) is 17.9. The molecule has 0 atom stereocenters. The Morgan fingerprint density at radius 1 is 1.24 bits per heavy atom. The first-order valence-electron chi connectivity index (χ1n) is 8.91. The Balaban J connectivity index is 1.61. The second kappa shape index (κ2) is 7.85. The molecule has 1 N–H and O–H groups in total. The molecule has 0 spiro atoms. The molecule has 0 saturated carbocycles. The third kappa shape index (κ3) is 4.04. The highest BCUT2D eigenvalue weighted by Gasteiger charge is 2.32. The molecular weight excluding hydrogens is 340 g/mol. The SMILES string of the molecule is COCCNC(=O)C1CCN(S(=O)(=O)c2ccc3c(c2)CCC3)CC1. The van der Waals surface area contributed by atoms with Gasteiger partial charge in [-0.25, -0.2) is 8.42 Å². The first-order chi connectivity index (χ1) is 12.0. The van der Waals surface area contributed by atoms with Crippen molar-refractivity contribution in [3.8, 4) is 0 Å². The molecule has 7 heteroatoms. The summed E-state index contributed by atoms with van der Waals surface area (Å²) in [5.74, 6) is -0.130. The van der Waals surface area contributed by atoms with Gasteiger partial charge < -0.3 is 10.1 Å². The van der Waals surface area contributed by atoms with Crippen molar-refractivity contribution in [2.75, 3.05) is 33.4 Å². The van der Waals surface area contributed by atoms with E-state index in [0.29, 0.717) is 44.0 Å². The minimum atomic E-state index is -3.47. The van der Waals surface area contributed by atoms with Crippen molar-refractivity contribution in [2.24, 2.45) is 5.92 Å². The van der Waals surface area contributed by atoms with Crippen LogP contribution in [0.4, 0.5) is 0 Å². The third-order valence-electron chi connectivity index (χ3n) is 5.14.